The predicted octanol–water partition coefficient (Wildman–Crippen LogP) is 3.48. The molecule has 26 heavy (non-hydrogen) atoms. The highest BCUT2D eigenvalue weighted by molar-refractivity contribution is 6.04. The van der Waals surface area contributed by atoms with Crippen LogP contribution in [0.1, 0.15) is 40.7 Å². The Balaban J connectivity index is 1.78. The van der Waals surface area contributed by atoms with Crippen LogP contribution in [0.3, 0.4) is 0 Å². The van der Waals surface area contributed by atoms with Gasteiger partial charge in [0.05, 0.1) is 0 Å². The fraction of sp³-hybridized carbons (Fsp3) is 0.316. The molecule has 0 bridgehead atoms. The molecular weight excluding hydrogens is 340 g/mol. The van der Waals surface area contributed by atoms with Crippen molar-refractivity contribution in [1.29, 1.82) is 0 Å². The number of carbonyl (C=O) groups excluding carboxylic acids is 2. The molecule has 1 N–H and O–H groups in total. The van der Waals surface area contributed by atoms with Crippen LogP contribution >= 0.6 is 0 Å². The number of carbonyl (C=O) groups is 2. The monoisotopic (exact) mass is 359 g/mol. The molecule has 1 saturated heterocycles. The lowest BCUT2D eigenvalue weighted by molar-refractivity contribution is 0.0677. The summed E-state index contributed by atoms with van der Waals surface area (Å²) in [5, 5.41) is 2.17. The second-order valence-electron chi connectivity index (χ2n) is 6.46. The van der Waals surface area contributed by atoms with Gasteiger partial charge in [-0.15, -0.1) is 0 Å². The van der Waals surface area contributed by atoms with Gasteiger partial charge < -0.3 is 10.2 Å². The van der Waals surface area contributed by atoms with Crippen molar-refractivity contribution < 1.29 is 18.4 Å². The Labute approximate surface area is 150 Å². The first-order valence-corrected chi connectivity index (χ1v) is 8.47. The van der Waals surface area contributed by atoms with Crippen molar-refractivity contribution in [3.8, 4) is 0 Å². The Kier molecular flexibility index (Phi) is 5.25. The van der Waals surface area contributed by atoms with E-state index in [4.69, 9.17) is 0 Å². The van der Waals surface area contributed by atoms with Crippen LogP contribution in [0.5, 0.6) is 0 Å². The number of hydrogen-bond acceptors (Lipinski definition) is 3. The second kappa shape index (κ2) is 7.59. The number of pyridine rings is 1. The zero-order chi connectivity index (χ0) is 18.7. The summed E-state index contributed by atoms with van der Waals surface area (Å²) in [5.74, 6) is -2.37. The summed E-state index contributed by atoms with van der Waals surface area (Å²) in [5.41, 5.74) is -0.481. The molecule has 1 aliphatic rings. The van der Waals surface area contributed by atoms with Crippen molar-refractivity contribution in [1.82, 2.24) is 9.88 Å². The minimum absolute atomic E-state index is 0.0800. The van der Waals surface area contributed by atoms with E-state index in [1.807, 2.05) is 0 Å². The number of piperidine rings is 1. The first-order valence-electron chi connectivity index (χ1n) is 8.47. The number of halogens is 2. The molecule has 0 radical (unpaired) electrons. The van der Waals surface area contributed by atoms with E-state index in [1.165, 1.54) is 24.3 Å². The fourth-order valence-electron chi connectivity index (χ4n) is 3.01. The predicted molar refractivity (Wildman–Crippen MR) is 92.8 cm³/mol. The van der Waals surface area contributed by atoms with Crippen LogP contribution in [0.25, 0.3) is 0 Å². The average molecular weight is 359 g/mol. The van der Waals surface area contributed by atoms with E-state index in [2.05, 4.69) is 17.2 Å². The summed E-state index contributed by atoms with van der Waals surface area (Å²) < 4.78 is 27.4. The third kappa shape index (κ3) is 3.87. The maximum atomic E-state index is 13.7. The van der Waals surface area contributed by atoms with Gasteiger partial charge in [0.25, 0.3) is 11.8 Å². The molecule has 5 nitrogen and oxygen atoms in total. The number of hydrogen-bond donors (Lipinski definition) is 1. The molecule has 2 aromatic rings. The van der Waals surface area contributed by atoms with Crippen molar-refractivity contribution >= 4 is 17.5 Å². The third-order valence-electron chi connectivity index (χ3n) is 4.35. The number of amides is 2. The first-order chi connectivity index (χ1) is 12.5. The number of aromatic nitrogens is 1. The van der Waals surface area contributed by atoms with Crippen LogP contribution in [0.2, 0.25) is 0 Å². The standard InChI is InChI=1S/C19H19F2N3O2/c1-12-5-4-10-24(11-12)19(26)16-9-3-8-15(22-16)18(25)23-17-13(20)6-2-7-14(17)21/h2-3,6-9,12H,4-5,10-11H2,1H3,(H,23,25). The van der Waals surface area contributed by atoms with Crippen LogP contribution in [0.4, 0.5) is 14.5 Å². The summed E-state index contributed by atoms with van der Waals surface area (Å²) in [6, 6.07) is 7.75. The maximum Gasteiger partial charge on any atom is 0.274 e. The molecule has 1 atom stereocenters. The largest absolute Gasteiger partial charge is 0.337 e. The van der Waals surface area contributed by atoms with Gasteiger partial charge in [0, 0.05) is 13.1 Å². The van der Waals surface area contributed by atoms with Crippen molar-refractivity contribution in [2.24, 2.45) is 5.92 Å². The molecular formula is C19H19F2N3O2. The Bertz CT molecular complexity index is 821. The number of likely N-dealkylation sites (tertiary alicyclic amines) is 1. The number of nitrogens with one attached hydrogen (secondary N) is 1. The third-order valence-corrected chi connectivity index (χ3v) is 4.35. The SMILES string of the molecule is CC1CCCN(C(=O)c2cccc(C(=O)Nc3c(F)cccc3F)n2)C1. The molecule has 136 valence electrons. The van der Waals surface area contributed by atoms with Crippen molar-refractivity contribution in [3.05, 3.63) is 59.4 Å². The van der Waals surface area contributed by atoms with Crippen molar-refractivity contribution in [2.75, 3.05) is 18.4 Å². The lowest BCUT2D eigenvalue weighted by Gasteiger charge is -2.30. The highest BCUT2D eigenvalue weighted by atomic mass is 19.1. The first kappa shape index (κ1) is 18.0. The Morgan fingerprint density at radius 1 is 1.12 bits per heavy atom. The molecule has 0 spiro atoms. The second-order valence-corrected chi connectivity index (χ2v) is 6.46. The van der Waals surface area contributed by atoms with E-state index in [0.29, 0.717) is 19.0 Å². The molecule has 0 aliphatic carbocycles. The summed E-state index contributed by atoms with van der Waals surface area (Å²) in [6.45, 7) is 3.39. The number of benzene rings is 1. The lowest BCUT2D eigenvalue weighted by atomic mass is 10.00. The highest BCUT2D eigenvalue weighted by Gasteiger charge is 2.24. The molecule has 2 amide bonds. The summed E-state index contributed by atoms with van der Waals surface area (Å²) in [7, 11) is 0. The van der Waals surface area contributed by atoms with Gasteiger partial charge in [0.2, 0.25) is 0 Å². The van der Waals surface area contributed by atoms with Crippen molar-refractivity contribution in [2.45, 2.75) is 19.8 Å². The number of rotatable bonds is 3. The quantitative estimate of drug-likeness (QED) is 0.913. The number of anilines is 1. The van der Waals surface area contributed by atoms with Crippen LogP contribution < -0.4 is 5.32 Å². The van der Waals surface area contributed by atoms with E-state index >= 15 is 0 Å². The minimum Gasteiger partial charge on any atom is -0.337 e. The Morgan fingerprint density at radius 2 is 1.77 bits per heavy atom. The van der Waals surface area contributed by atoms with Crippen LogP contribution in [0.15, 0.2) is 36.4 Å². The molecule has 1 aliphatic heterocycles. The maximum absolute atomic E-state index is 13.7. The summed E-state index contributed by atoms with van der Waals surface area (Å²) in [4.78, 5) is 30.7. The molecule has 2 heterocycles. The lowest BCUT2D eigenvalue weighted by Crippen LogP contribution is -2.39. The van der Waals surface area contributed by atoms with E-state index < -0.39 is 23.2 Å². The Hall–Kier alpha value is -2.83. The normalized spacial score (nSPS) is 17.0. The molecule has 7 heteroatoms. The van der Waals surface area contributed by atoms with Crippen LogP contribution in [-0.4, -0.2) is 34.8 Å². The van der Waals surface area contributed by atoms with Gasteiger partial charge in [-0.05, 0) is 43.0 Å². The molecule has 1 unspecified atom stereocenters. The van der Waals surface area contributed by atoms with Gasteiger partial charge in [-0.3, -0.25) is 9.59 Å². The van der Waals surface area contributed by atoms with Crippen LogP contribution in [0, 0.1) is 17.6 Å². The van der Waals surface area contributed by atoms with Crippen LogP contribution in [-0.2, 0) is 0 Å². The topological polar surface area (TPSA) is 62.3 Å². The Morgan fingerprint density at radius 3 is 2.46 bits per heavy atom. The smallest absolute Gasteiger partial charge is 0.274 e. The summed E-state index contributed by atoms with van der Waals surface area (Å²) in [6.07, 6.45) is 2.01. The summed E-state index contributed by atoms with van der Waals surface area (Å²) >= 11 is 0. The molecule has 3 rings (SSSR count). The van der Waals surface area contributed by atoms with E-state index in [9.17, 15) is 18.4 Å². The fourth-order valence-corrected chi connectivity index (χ4v) is 3.01. The molecule has 0 saturated carbocycles. The van der Waals surface area contributed by atoms with Gasteiger partial charge in [-0.2, -0.15) is 0 Å². The van der Waals surface area contributed by atoms with E-state index in [1.54, 1.807) is 4.90 Å². The average Bonchev–Trinajstić information content (AvgIpc) is 2.64. The molecule has 1 aromatic carbocycles. The van der Waals surface area contributed by atoms with E-state index in [0.717, 1.165) is 25.0 Å². The van der Waals surface area contributed by atoms with Crippen molar-refractivity contribution in [3.63, 3.8) is 0 Å². The number of nitrogens with zero attached hydrogens (tertiary/aromatic N) is 2. The number of para-hydroxylation sites is 1. The minimum atomic E-state index is -0.882. The van der Waals surface area contributed by atoms with Gasteiger partial charge in [0.15, 0.2) is 0 Å². The molecule has 1 aromatic heterocycles. The van der Waals surface area contributed by atoms with Gasteiger partial charge in [-0.25, -0.2) is 13.8 Å². The van der Waals surface area contributed by atoms with Gasteiger partial charge >= 0.3 is 0 Å². The zero-order valence-corrected chi connectivity index (χ0v) is 14.3. The highest BCUT2D eigenvalue weighted by Crippen LogP contribution is 2.20. The van der Waals surface area contributed by atoms with E-state index in [-0.39, 0.29) is 17.3 Å². The van der Waals surface area contributed by atoms with Gasteiger partial charge in [-0.1, -0.05) is 19.1 Å². The zero-order valence-electron chi connectivity index (χ0n) is 14.3. The van der Waals surface area contributed by atoms with Gasteiger partial charge in [0.1, 0.15) is 28.7 Å². The molecule has 1 fully saturated rings.